The van der Waals surface area contributed by atoms with Crippen LogP contribution in [0, 0.1) is 0 Å². The highest BCUT2D eigenvalue weighted by molar-refractivity contribution is 5.97. The molecule has 7 N–H and O–H groups in total. The van der Waals surface area contributed by atoms with Crippen molar-refractivity contribution >= 4 is 46.7 Å². The fraction of sp³-hybridized carbons (Fsp3) is 0.407. The van der Waals surface area contributed by atoms with Crippen LogP contribution in [0.4, 0.5) is 11.6 Å². The number of nitrogens with two attached hydrogens (primary N) is 1. The third-order valence-corrected chi connectivity index (χ3v) is 5.90. The van der Waals surface area contributed by atoms with Gasteiger partial charge in [0.1, 0.15) is 6.04 Å². The number of carboxylic acid groups (broad SMARTS) is 1. The van der Waals surface area contributed by atoms with Gasteiger partial charge < -0.3 is 36.4 Å². The highest BCUT2D eigenvalue weighted by Gasteiger charge is 2.23. The summed E-state index contributed by atoms with van der Waals surface area (Å²) in [5.41, 5.74) is 6.55. The van der Waals surface area contributed by atoms with Gasteiger partial charge in [-0.25, -0.2) is 19.8 Å². The molecule has 0 fully saturated rings. The maximum Gasteiger partial charge on any atom is 0.326 e. The zero-order valence-electron chi connectivity index (χ0n) is 24.2. The highest BCUT2D eigenvalue weighted by atomic mass is 16.6. The van der Waals surface area contributed by atoms with E-state index in [9.17, 15) is 24.3 Å². The van der Waals surface area contributed by atoms with Crippen molar-refractivity contribution < 1.29 is 24.2 Å². The molecule has 0 saturated heterocycles. The molecule has 0 radical (unpaired) electrons. The lowest BCUT2D eigenvalue weighted by Crippen LogP contribution is -2.41. The zero-order chi connectivity index (χ0) is 31.4. The Hall–Kier alpha value is -5.12. The number of nitrogen functional groups attached to an aromatic ring is 1. The molecule has 230 valence electrons. The van der Waals surface area contributed by atoms with Crippen LogP contribution in [0.3, 0.4) is 0 Å². The van der Waals surface area contributed by atoms with Gasteiger partial charge in [-0.3, -0.25) is 19.4 Å². The molecule has 16 nitrogen and oxygen atoms in total. The number of amides is 1. The van der Waals surface area contributed by atoms with Crippen LogP contribution in [0.2, 0.25) is 0 Å². The molecule has 1 aromatic carbocycles. The van der Waals surface area contributed by atoms with E-state index >= 15 is 0 Å². The molecule has 0 bridgehead atoms. The molecule has 2 heterocycles. The number of esters is 1. The lowest BCUT2D eigenvalue weighted by atomic mass is 10.1. The summed E-state index contributed by atoms with van der Waals surface area (Å²) in [5, 5.41) is 18.0. The molecule has 2 aromatic heterocycles. The van der Waals surface area contributed by atoms with Crippen LogP contribution < -0.4 is 27.2 Å². The largest absolute Gasteiger partial charge is 0.480 e. The number of aliphatic carboxylic acids is 1. The summed E-state index contributed by atoms with van der Waals surface area (Å²) in [6.45, 7) is 3.84. The number of rotatable bonds is 14. The molecule has 0 aliphatic rings. The van der Waals surface area contributed by atoms with Crippen LogP contribution in [0.1, 0.15) is 42.2 Å². The standard InChI is InChI=1S/C27H36N10O6/c1-4-29-27(30-12-5-13-37(2)3)43-20(38)11-10-19(25(41)42)34-23(39)16-6-8-17(9-7-16)31-14-18-15-32-22-21(33-18)24(40)36-26(28)35-22/h6-9,15,19,31H,4-5,10-14H2,1-3H3,(H,29,30)(H,34,39)(H,41,42)(H3,28,32,35,36,40)/t19-/m0/s1. The Bertz CT molecular complexity index is 1510. The third-order valence-electron chi connectivity index (χ3n) is 5.90. The minimum atomic E-state index is -1.31. The Morgan fingerprint density at radius 1 is 1.19 bits per heavy atom. The molecule has 0 spiro atoms. The van der Waals surface area contributed by atoms with Gasteiger partial charge in [0.15, 0.2) is 11.2 Å². The monoisotopic (exact) mass is 596 g/mol. The van der Waals surface area contributed by atoms with Crippen molar-refractivity contribution in [3.63, 3.8) is 0 Å². The number of fused-ring (bicyclic) bond motifs is 1. The number of carboxylic acids is 1. The molecular formula is C27H36N10O6. The lowest BCUT2D eigenvalue weighted by Gasteiger charge is -2.15. The summed E-state index contributed by atoms with van der Waals surface area (Å²) in [6.07, 6.45) is 1.83. The van der Waals surface area contributed by atoms with Gasteiger partial charge in [-0.15, -0.1) is 0 Å². The van der Waals surface area contributed by atoms with E-state index in [1.165, 1.54) is 18.3 Å². The van der Waals surface area contributed by atoms with Crippen LogP contribution in [0.25, 0.3) is 11.2 Å². The van der Waals surface area contributed by atoms with Gasteiger partial charge in [0.2, 0.25) is 5.95 Å². The Balaban J connectivity index is 1.51. The molecule has 1 amide bonds. The minimum absolute atomic E-state index is 0.0513. The predicted molar refractivity (Wildman–Crippen MR) is 160 cm³/mol. The fourth-order valence-corrected chi connectivity index (χ4v) is 3.75. The van der Waals surface area contributed by atoms with Crippen molar-refractivity contribution in [3.05, 3.63) is 52.1 Å². The van der Waals surface area contributed by atoms with E-state index in [1.807, 2.05) is 25.9 Å². The normalized spacial score (nSPS) is 12.1. The third kappa shape index (κ3) is 10.3. The number of anilines is 2. The minimum Gasteiger partial charge on any atom is -0.480 e. The van der Waals surface area contributed by atoms with Crippen molar-refractivity contribution in [2.75, 3.05) is 44.8 Å². The number of nitrogens with one attached hydrogen (secondary N) is 4. The second-order valence-electron chi connectivity index (χ2n) is 9.67. The number of hydrogen-bond donors (Lipinski definition) is 6. The number of aliphatic imine (C=N–C) groups is 1. The number of ether oxygens (including phenoxy) is 1. The number of carbonyl (C=O) groups excluding carboxylic acids is 2. The average Bonchev–Trinajstić information content (AvgIpc) is 2.96. The Morgan fingerprint density at radius 3 is 2.60 bits per heavy atom. The molecular weight excluding hydrogens is 560 g/mol. The first kappa shape index (κ1) is 32.4. The van der Waals surface area contributed by atoms with Gasteiger partial charge >= 0.3 is 11.9 Å². The Morgan fingerprint density at radius 2 is 1.93 bits per heavy atom. The van der Waals surface area contributed by atoms with Gasteiger partial charge in [-0.1, -0.05) is 0 Å². The first-order valence-corrected chi connectivity index (χ1v) is 13.6. The summed E-state index contributed by atoms with van der Waals surface area (Å²) in [4.78, 5) is 69.8. The maximum atomic E-state index is 12.7. The van der Waals surface area contributed by atoms with Gasteiger partial charge in [0, 0.05) is 30.8 Å². The van der Waals surface area contributed by atoms with Crippen LogP contribution in [0.5, 0.6) is 0 Å². The number of carbonyl (C=O) groups is 3. The molecule has 3 aromatic rings. The summed E-state index contributed by atoms with van der Waals surface area (Å²) >= 11 is 0. The molecule has 0 aliphatic carbocycles. The number of aromatic nitrogens is 4. The van der Waals surface area contributed by atoms with Crippen LogP contribution in [-0.2, 0) is 20.9 Å². The second-order valence-corrected chi connectivity index (χ2v) is 9.67. The summed E-state index contributed by atoms with van der Waals surface area (Å²) < 4.78 is 5.26. The van der Waals surface area contributed by atoms with E-state index in [4.69, 9.17) is 10.5 Å². The van der Waals surface area contributed by atoms with E-state index in [1.54, 1.807) is 12.1 Å². The number of H-pyrrole nitrogens is 1. The van der Waals surface area contributed by atoms with Gasteiger partial charge in [-0.2, -0.15) is 4.98 Å². The van der Waals surface area contributed by atoms with Gasteiger partial charge in [-0.05, 0) is 64.7 Å². The fourth-order valence-electron chi connectivity index (χ4n) is 3.75. The number of benzene rings is 1. The quantitative estimate of drug-likeness (QED) is 0.0638. The van der Waals surface area contributed by atoms with Gasteiger partial charge in [0.25, 0.3) is 17.5 Å². The predicted octanol–water partition coefficient (Wildman–Crippen LogP) is 0.331. The first-order chi connectivity index (χ1) is 20.5. The van der Waals surface area contributed by atoms with Crippen molar-refractivity contribution in [2.24, 2.45) is 4.99 Å². The summed E-state index contributed by atoms with van der Waals surface area (Å²) in [5.74, 6) is -2.61. The SMILES string of the molecule is CCNC(=NCCCN(C)C)OC(=O)CC[C@H](NC(=O)c1ccc(NCc2cnc3nc(N)[nH]c(=O)c3n2)cc1)C(=O)O. The molecule has 0 saturated carbocycles. The van der Waals surface area contributed by atoms with Gasteiger partial charge in [0.05, 0.1) is 18.4 Å². The van der Waals surface area contributed by atoms with E-state index in [0.29, 0.717) is 24.5 Å². The van der Waals surface area contributed by atoms with E-state index in [2.05, 4.69) is 40.9 Å². The molecule has 43 heavy (non-hydrogen) atoms. The smallest absolute Gasteiger partial charge is 0.326 e. The highest BCUT2D eigenvalue weighted by Crippen LogP contribution is 2.12. The number of aromatic amines is 1. The molecule has 1 atom stereocenters. The number of nitrogens with zero attached hydrogens (tertiary/aromatic N) is 5. The summed E-state index contributed by atoms with van der Waals surface area (Å²) in [7, 11) is 3.90. The zero-order valence-corrected chi connectivity index (χ0v) is 24.2. The number of amidine groups is 1. The average molecular weight is 597 g/mol. The molecule has 0 unspecified atom stereocenters. The first-order valence-electron chi connectivity index (χ1n) is 13.6. The van der Waals surface area contributed by atoms with E-state index in [-0.39, 0.29) is 48.1 Å². The topological polar surface area (TPSA) is 230 Å². The lowest BCUT2D eigenvalue weighted by molar-refractivity contribution is -0.140. The van der Waals surface area contributed by atoms with Crippen LogP contribution in [-0.4, -0.2) is 93.6 Å². The van der Waals surface area contributed by atoms with Crippen molar-refractivity contribution in [2.45, 2.75) is 38.8 Å². The summed E-state index contributed by atoms with van der Waals surface area (Å²) in [6, 6.07) is 5.07. The Labute approximate surface area is 247 Å². The maximum absolute atomic E-state index is 12.7. The van der Waals surface area contributed by atoms with E-state index < -0.39 is 29.4 Å². The molecule has 3 rings (SSSR count). The van der Waals surface area contributed by atoms with Crippen molar-refractivity contribution in [1.29, 1.82) is 0 Å². The van der Waals surface area contributed by atoms with Crippen molar-refractivity contribution in [3.8, 4) is 0 Å². The second kappa shape index (κ2) is 15.8. The van der Waals surface area contributed by atoms with E-state index in [0.717, 1.165) is 13.0 Å². The van der Waals surface area contributed by atoms with Crippen LogP contribution in [0.15, 0.2) is 40.2 Å². The van der Waals surface area contributed by atoms with Crippen LogP contribution >= 0.6 is 0 Å². The molecule has 16 heteroatoms. The number of hydrogen-bond acceptors (Lipinski definition) is 12. The molecule has 0 aliphatic heterocycles. The van der Waals surface area contributed by atoms with Crippen molar-refractivity contribution in [1.82, 2.24) is 35.5 Å². The Kier molecular flexibility index (Phi) is 11.9.